The van der Waals surface area contributed by atoms with Crippen LogP contribution in [0.5, 0.6) is 0 Å². The fraction of sp³-hybridized carbons (Fsp3) is 0.200. The maximum atomic E-state index is 13.8. The lowest BCUT2D eigenvalue weighted by molar-refractivity contribution is 0.423. The van der Waals surface area contributed by atoms with Gasteiger partial charge in [-0.3, -0.25) is 0 Å². The van der Waals surface area contributed by atoms with Crippen molar-refractivity contribution in [2.75, 3.05) is 11.9 Å². The summed E-state index contributed by atoms with van der Waals surface area (Å²) in [6.45, 7) is 2.66. The van der Waals surface area contributed by atoms with E-state index < -0.39 is 0 Å². The van der Waals surface area contributed by atoms with Crippen LogP contribution in [0, 0.1) is 5.82 Å². The van der Waals surface area contributed by atoms with Gasteiger partial charge in [0, 0.05) is 23.9 Å². The van der Waals surface area contributed by atoms with Gasteiger partial charge in [0.25, 0.3) is 5.89 Å². The number of aromatic nitrogens is 4. The van der Waals surface area contributed by atoms with Gasteiger partial charge in [0.1, 0.15) is 23.5 Å². The third-order valence-corrected chi connectivity index (χ3v) is 4.31. The largest absolute Gasteiger partial charge is 0.369 e. The molecule has 2 aromatic carbocycles. The monoisotopic (exact) mass is 363 g/mol. The Balaban J connectivity index is 1.42. The molecule has 2 heterocycles. The second-order valence-corrected chi connectivity index (χ2v) is 6.10. The van der Waals surface area contributed by atoms with Crippen LogP contribution in [-0.2, 0) is 12.8 Å². The Morgan fingerprint density at radius 3 is 2.70 bits per heavy atom. The van der Waals surface area contributed by atoms with Gasteiger partial charge in [0.2, 0.25) is 0 Å². The van der Waals surface area contributed by atoms with E-state index in [9.17, 15) is 4.39 Å². The summed E-state index contributed by atoms with van der Waals surface area (Å²) in [5.41, 5.74) is 2.38. The quantitative estimate of drug-likeness (QED) is 0.557. The van der Waals surface area contributed by atoms with Crippen LogP contribution in [0.15, 0.2) is 53.3 Å². The van der Waals surface area contributed by atoms with Crippen LogP contribution in [0.25, 0.3) is 22.4 Å². The Morgan fingerprint density at radius 1 is 1.07 bits per heavy atom. The number of aryl methyl sites for hydroxylation is 1. The first-order valence-corrected chi connectivity index (χ1v) is 8.79. The first-order chi connectivity index (χ1) is 13.2. The predicted molar refractivity (Wildman–Crippen MR) is 101 cm³/mol. The minimum atomic E-state index is -0.346. The topological polar surface area (TPSA) is 76.7 Å². The standard InChI is InChI=1S/C20H18FN5O/c1-2-17-25-20(27-26-17)14-8-6-13(7-9-14)10-11-22-19-15-4-3-5-16(21)18(15)23-12-24-19/h3-9,12H,2,10-11H2,1H3,(H,22,23,24). The van der Waals surface area contributed by atoms with Crippen LogP contribution < -0.4 is 5.32 Å². The average molecular weight is 363 g/mol. The highest BCUT2D eigenvalue weighted by Gasteiger charge is 2.08. The van der Waals surface area contributed by atoms with Crippen molar-refractivity contribution in [3.8, 4) is 11.5 Å². The molecule has 6 nitrogen and oxygen atoms in total. The maximum Gasteiger partial charge on any atom is 0.257 e. The fourth-order valence-electron chi connectivity index (χ4n) is 2.85. The number of benzene rings is 2. The molecule has 136 valence electrons. The van der Waals surface area contributed by atoms with Crippen LogP contribution in [0.2, 0.25) is 0 Å². The third kappa shape index (κ3) is 3.62. The number of hydrogen-bond donors (Lipinski definition) is 1. The molecule has 0 saturated carbocycles. The minimum Gasteiger partial charge on any atom is -0.369 e. The van der Waals surface area contributed by atoms with Crippen LogP contribution in [0.1, 0.15) is 18.3 Å². The van der Waals surface area contributed by atoms with Gasteiger partial charge in [0.15, 0.2) is 5.82 Å². The molecule has 0 fully saturated rings. The van der Waals surface area contributed by atoms with Crippen molar-refractivity contribution in [2.24, 2.45) is 0 Å². The van der Waals surface area contributed by atoms with E-state index in [0.717, 1.165) is 24.0 Å². The SMILES string of the molecule is CCc1noc(-c2ccc(CCNc3ncnc4c(F)cccc34)cc2)n1. The smallest absolute Gasteiger partial charge is 0.257 e. The molecule has 2 aromatic heterocycles. The van der Waals surface area contributed by atoms with Gasteiger partial charge in [0.05, 0.1) is 0 Å². The fourth-order valence-corrected chi connectivity index (χ4v) is 2.85. The van der Waals surface area contributed by atoms with Gasteiger partial charge in [-0.1, -0.05) is 30.3 Å². The number of fused-ring (bicyclic) bond motifs is 1. The lowest BCUT2D eigenvalue weighted by atomic mass is 10.1. The van der Waals surface area contributed by atoms with Crippen molar-refractivity contribution in [2.45, 2.75) is 19.8 Å². The van der Waals surface area contributed by atoms with Crippen LogP contribution in [-0.4, -0.2) is 26.7 Å². The van der Waals surface area contributed by atoms with E-state index in [0.29, 0.717) is 35.0 Å². The zero-order chi connectivity index (χ0) is 18.6. The van der Waals surface area contributed by atoms with E-state index in [-0.39, 0.29) is 5.82 Å². The Bertz CT molecular complexity index is 1060. The Labute approximate surface area is 155 Å². The molecule has 4 rings (SSSR count). The normalized spacial score (nSPS) is 11.0. The van der Waals surface area contributed by atoms with Gasteiger partial charge in [-0.05, 0) is 36.2 Å². The summed E-state index contributed by atoms with van der Waals surface area (Å²) in [4.78, 5) is 12.6. The van der Waals surface area contributed by atoms with Gasteiger partial charge in [-0.25, -0.2) is 14.4 Å². The maximum absolute atomic E-state index is 13.8. The van der Waals surface area contributed by atoms with Crippen molar-refractivity contribution in [1.82, 2.24) is 20.1 Å². The first-order valence-electron chi connectivity index (χ1n) is 8.79. The highest BCUT2D eigenvalue weighted by Crippen LogP contribution is 2.21. The van der Waals surface area contributed by atoms with Crippen LogP contribution in [0.3, 0.4) is 0 Å². The summed E-state index contributed by atoms with van der Waals surface area (Å²) in [5, 5.41) is 7.85. The molecule has 0 aliphatic heterocycles. The summed E-state index contributed by atoms with van der Waals surface area (Å²) in [5.74, 6) is 1.52. The Kier molecular flexibility index (Phi) is 4.74. The van der Waals surface area contributed by atoms with E-state index in [2.05, 4.69) is 25.4 Å². The van der Waals surface area contributed by atoms with E-state index in [1.54, 1.807) is 6.07 Å². The van der Waals surface area contributed by atoms with Gasteiger partial charge in [-0.15, -0.1) is 0 Å². The van der Waals surface area contributed by atoms with Crippen molar-refractivity contribution < 1.29 is 8.91 Å². The first kappa shape index (κ1) is 17.1. The number of anilines is 1. The summed E-state index contributed by atoms with van der Waals surface area (Å²) in [7, 11) is 0. The van der Waals surface area contributed by atoms with Crippen molar-refractivity contribution in [3.05, 3.63) is 66.0 Å². The van der Waals surface area contributed by atoms with E-state index >= 15 is 0 Å². The van der Waals surface area contributed by atoms with E-state index in [1.807, 2.05) is 37.3 Å². The van der Waals surface area contributed by atoms with Crippen LogP contribution in [0.4, 0.5) is 10.2 Å². The van der Waals surface area contributed by atoms with Gasteiger partial charge >= 0.3 is 0 Å². The zero-order valence-electron chi connectivity index (χ0n) is 14.8. The van der Waals surface area contributed by atoms with E-state index in [4.69, 9.17) is 4.52 Å². The molecule has 0 amide bonds. The Hall–Kier alpha value is -3.35. The summed E-state index contributed by atoms with van der Waals surface area (Å²) in [6.07, 6.45) is 2.91. The number of hydrogen-bond acceptors (Lipinski definition) is 6. The summed E-state index contributed by atoms with van der Waals surface area (Å²) in [6, 6.07) is 12.9. The molecule has 0 unspecified atom stereocenters. The Morgan fingerprint density at radius 2 is 1.93 bits per heavy atom. The molecule has 0 aliphatic rings. The molecule has 0 saturated heterocycles. The highest BCUT2D eigenvalue weighted by molar-refractivity contribution is 5.89. The lowest BCUT2D eigenvalue weighted by Gasteiger charge is -2.08. The predicted octanol–water partition coefficient (Wildman–Crippen LogP) is 4.04. The number of nitrogens with one attached hydrogen (secondary N) is 1. The molecule has 0 atom stereocenters. The minimum absolute atomic E-state index is 0.324. The number of nitrogens with zero attached hydrogens (tertiary/aromatic N) is 4. The number of para-hydroxylation sites is 1. The van der Waals surface area contributed by atoms with E-state index in [1.165, 1.54) is 12.4 Å². The summed E-state index contributed by atoms with van der Waals surface area (Å²) < 4.78 is 19.1. The van der Waals surface area contributed by atoms with Gasteiger partial charge < -0.3 is 9.84 Å². The molecular weight excluding hydrogens is 345 g/mol. The molecule has 0 radical (unpaired) electrons. The molecule has 0 aliphatic carbocycles. The lowest BCUT2D eigenvalue weighted by Crippen LogP contribution is -2.07. The number of rotatable bonds is 6. The van der Waals surface area contributed by atoms with Crippen molar-refractivity contribution in [1.29, 1.82) is 0 Å². The molecule has 7 heteroatoms. The summed E-state index contributed by atoms with van der Waals surface area (Å²) >= 11 is 0. The van der Waals surface area contributed by atoms with Crippen LogP contribution >= 0.6 is 0 Å². The second kappa shape index (κ2) is 7.49. The van der Waals surface area contributed by atoms with Crippen molar-refractivity contribution >= 4 is 16.7 Å². The van der Waals surface area contributed by atoms with Gasteiger partial charge in [-0.2, -0.15) is 4.98 Å². The number of halogens is 1. The molecule has 0 spiro atoms. The molecule has 27 heavy (non-hydrogen) atoms. The third-order valence-electron chi connectivity index (χ3n) is 4.31. The highest BCUT2D eigenvalue weighted by atomic mass is 19.1. The molecule has 1 N–H and O–H groups in total. The average Bonchev–Trinajstić information content (AvgIpc) is 3.18. The zero-order valence-corrected chi connectivity index (χ0v) is 14.8. The van der Waals surface area contributed by atoms with Crippen molar-refractivity contribution in [3.63, 3.8) is 0 Å². The second-order valence-electron chi connectivity index (χ2n) is 6.10. The molecular formula is C20H18FN5O. The molecule has 4 aromatic rings. The molecule has 0 bridgehead atoms.